The molecule has 2 amide bonds. The van der Waals surface area contributed by atoms with Crippen LogP contribution in [0.25, 0.3) is 11.1 Å². The van der Waals surface area contributed by atoms with Gasteiger partial charge in [-0.25, -0.2) is 9.59 Å². The molecular weight excluding hydrogens is 436 g/mol. The highest BCUT2D eigenvalue weighted by Gasteiger charge is 2.33. The van der Waals surface area contributed by atoms with Crippen molar-refractivity contribution in [2.75, 3.05) is 20.3 Å². The lowest BCUT2D eigenvalue weighted by molar-refractivity contribution is -0.143. The summed E-state index contributed by atoms with van der Waals surface area (Å²) in [6.45, 7) is 0.127. The van der Waals surface area contributed by atoms with E-state index in [-0.39, 0.29) is 43.4 Å². The van der Waals surface area contributed by atoms with Gasteiger partial charge >= 0.3 is 12.1 Å². The van der Waals surface area contributed by atoms with E-state index in [1.807, 2.05) is 24.3 Å². The van der Waals surface area contributed by atoms with Crippen LogP contribution >= 0.6 is 0 Å². The maximum absolute atomic E-state index is 12.6. The number of fused-ring (bicyclic) bond motifs is 3. The van der Waals surface area contributed by atoms with Crippen molar-refractivity contribution in [2.45, 2.75) is 43.7 Å². The summed E-state index contributed by atoms with van der Waals surface area (Å²) in [6, 6.07) is 15.0. The zero-order valence-electron chi connectivity index (χ0n) is 19.2. The summed E-state index contributed by atoms with van der Waals surface area (Å²) in [5.41, 5.74) is 4.64. The number of carbonyl (C=O) groups is 3. The molecule has 1 fully saturated rings. The lowest BCUT2D eigenvalue weighted by atomic mass is 9.98. The predicted octanol–water partition coefficient (Wildman–Crippen LogP) is 3.30. The number of hydrogen-bond acceptors (Lipinski definition) is 5. The molecule has 2 aliphatic carbocycles. The van der Waals surface area contributed by atoms with Gasteiger partial charge in [-0.05, 0) is 41.0 Å². The summed E-state index contributed by atoms with van der Waals surface area (Å²) in [5, 5.41) is 14.6. The van der Waals surface area contributed by atoms with E-state index in [1.54, 1.807) is 0 Å². The number of nitrogens with one attached hydrogen (secondary N) is 2. The average Bonchev–Trinajstić information content (AvgIpc) is 3.39. The average molecular weight is 467 g/mol. The monoisotopic (exact) mass is 466 g/mol. The van der Waals surface area contributed by atoms with Crippen molar-refractivity contribution in [3.05, 3.63) is 59.7 Å². The van der Waals surface area contributed by atoms with E-state index in [4.69, 9.17) is 9.47 Å². The Hall–Kier alpha value is -3.39. The van der Waals surface area contributed by atoms with Crippen LogP contribution in [-0.2, 0) is 19.1 Å². The standard InChI is InChI=1S/C26H30N2O6/c1-33-15-23(25(30)31)27-24(29)13-16-7-6-12-22(16)28-26(32)34-14-21-19-10-4-2-8-17(19)18-9-3-5-11-20(18)21/h2-5,8-11,16,21-23H,6-7,12-15H2,1H3,(H,27,29)(H,28,32)(H,30,31)/t16?,22?,23-/m0/s1. The Morgan fingerprint density at radius 2 is 1.68 bits per heavy atom. The van der Waals surface area contributed by atoms with E-state index in [9.17, 15) is 19.5 Å². The van der Waals surface area contributed by atoms with E-state index in [0.717, 1.165) is 30.4 Å². The molecule has 0 spiro atoms. The highest BCUT2D eigenvalue weighted by Crippen LogP contribution is 2.44. The van der Waals surface area contributed by atoms with E-state index in [0.29, 0.717) is 0 Å². The minimum atomic E-state index is -1.14. The van der Waals surface area contributed by atoms with Crippen molar-refractivity contribution in [1.82, 2.24) is 10.6 Å². The fraction of sp³-hybridized carbons (Fsp3) is 0.423. The molecular formula is C26H30N2O6. The van der Waals surface area contributed by atoms with Crippen LogP contribution in [0, 0.1) is 5.92 Å². The first-order valence-corrected chi connectivity index (χ1v) is 11.6. The van der Waals surface area contributed by atoms with Crippen LogP contribution in [0.1, 0.15) is 42.7 Å². The molecule has 0 radical (unpaired) electrons. The van der Waals surface area contributed by atoms with Crippen LogP contribution in [0.2, 0.25) is 0 Å². The minimum Gasteiger partial charge on any atom is -0.480 e. The third-order valence-corrected chi connectivity index (χ3v) is 6.72. The van der Waals surface area contributed by atoms with Gasteiger partial charge in [0.2, 0.25) is 5.91 Å². The Labute approximate surface area is 198 Å². The summed E-state index contributed by atoms with van der Waals surface area (Å²) in [6.07, 6.45) is 2.06. The van der Waals surface area contributed by atoms with Gasteiger partial charge in [0.05, 0.1) is 6.61 Å². The molecule has 0 bridgehead atoms. The van der Waals surface area contributed by atoms with Crippen molar-refractivity contribution in [3.8, 4) is 11.1 Å². The quantitative estimate of drug-likeness (QED) is 0.523. The molecule has 180 valence electrons. The number of rotatable bonds is 9. The topological polar surface area (TPSA) is 114 Å². The number of benzene rings is 2. The lowest BCUT2D eigenvalue weighted by Gasteiger charge is -2.22. The highest BCUT2D eigenvalue weighted by molar-refractivity contribution is 5.84. The second-order valence-electron chi connectivity index (χ2n) is 8.89. The number of hydrogen-bond donors (Lipinski definition) is 3. The molecule has 8 nitrogen and oxygen atoms in total. The van der Waals surface area contributed by atoms with Crippen molar-refractivity contribution in [3.63, 3.8) is 0 Å². The number of carboxylic acid groups (broad SMARTS) is 1. The molecule has 2 aliphatic rings. The third-order valence-electron chi connectivity index (χ3n) is 6.72. The minimum absolute atomic E-state index is 0.0166. The summed E-state index contributed by atoms with van der Waals surface area (Å²) >= 11 is 0. The number of ether oxygens (including phenoxy) is 2. The SMILES string of the molecule is COC[C@H](NC(=O)CC1CCCC1NC(=O)OCC1c2ccccc2-c2ccccc21)C(=O)O. The Kier molecular flexibility index (Phi) is 7.47. The fourth-order valence-corrected chi connectivity index (χ4v) is 5.10. The molecule has 0 aliphatic heterocycles. The zero-order valence-corrected chi connectivity index (χ0v) is 19.2. The van der Waals surface area contributed by atoms with Crippen LogP contribution in [0.4, 0.5) is 4.79 Å². The summed E-state index contributed by atoms with van der Waals surface area (Å²) in [5.74, 6) is -1.60. The first-order valence-electron chi connectivity index (χ1n) is 11.6. The molecule has 2 aromatic carbocycles. The number of carboxylic acids is 1. The first kappa shape index (κ1) is 23.8. The second-order valence-corrected chi connectivity index (χ2v) is 8.89. The highest BCUT2D eigenvalue weighted by atomic mass is 16.5. The molecule has 0 saturated heterocycles. The molecule has 0 aromatic heterocycles. The van der Waals surface area contributed by atoms with Gasteiger partial charge in [0, 0.05) is 25.5 Å². The van der Waals surface area contributed by atoms with Crippen LogP contribution in [0.15, 0.2) is 48.5 Å². The maximum atomic E-state index is 12.6. The number of methoxy groups -OCH3 is 1. The number of carbonyl (C=O) groups excluding carboxylic acids is 2. The van der Waals surface area contributed by atoms with E-state index in [1.165, 1.54) is 18.2 Å². The second kappa shape index (κ2) is 10.7. The normalized spacial score (nSPS) is 19.7. The van der Waals surface area contributed by atoms with Crippen LogP contribution in [0.5, 0.6) is 0 Å². The number of alkyl carbamates (subject to hydrolysis) is 1. The van der Waals surface area contributed by atoms with Crippen molar-refractivity contribution >= 4 is 18.0 Å². The third kappa shape index (κ3) is 5.22. The van der Waals surface area contributed by atoms with Crippen LogP contribution in [0.3, 0.4) is 0 Å². The summed E-state index contributed by atoms with van der Waals surface area (Å²) < 4.78 is 10.5. The summed E-state index contributed by atoms with van der Waals surface area (Å²) in [7, 11) is 1.38. The maximum Gasteiger partial charge on any atom is 0.407 e. The molecule has 3 N–H and O–H groups in total. The van der Waals surface area contributed by atoms with Gasteiger partial charge in [-0.3, -0.25) is 4.79 Å². The predicted molar refractivity (Wildman–Crippen MR) is 125 cm³/mol. The van der Waals surface area contributed by atoms with Gasteiger partial charge < -0.3 is 25.2 Å². The van der Waals surface area contributed by atoms with Crippen LogP contribution < -0.4 is 10.6 Å². The zero-order chi connectivity index (χ0) is 24.1. The van der Waals surface area contributed by atoms with Crippen molar-refractivity contribution in [2.24, 2.45) is 5.92 Å². The summed E-state index contributed by atoms with van der Waals surface area (Å²) in [4.78, 5) is 36.3. The molecule has 2 aromatic rings. The van der Waals surface area contributed by atoms with Gasteiger partial charge in [0.15, 0.2) is 6.04 Å². The lowest BCUT2D eigenvalue weighted by Crippen LogP contribution is -2.45. The van der Waals surface area contributed by atoms with E-state index in [2.05, 4.69) is 34.9 Å². The smallest absolute Gasteiger partial charge is 0.407 e. The van der Waals surface area contributed by atoms with Gasteiger partial charge in [-0.2, -0.15) is 0 Å². The molecule has 2 unspecified atom stereocenters. The molecule has 34 heavy (non-hydrogen) atoms. The molecule has 4 rings (SSSR count). The Bertz CT molecular complexity index is 1010. The van der Waals surface area contributed by atoms with Gasteiger partial charge in [-0.1, -0.05) is 55.0 Å². The molecule has 1 saturated carbocycles. The molecule has 3 atom stereocenters. The van der Waals surface area contributed by atoms with Gasteiger partial charge in [0.1, 0.15) is 6.61 Å². The van der Waals surface area contributed by atoms with E-state index >= 15 is 0 Å². The van der Waals surface area contributed by atoms with E-state index < -0.39 is 18.1 Å². The Morgan fingerprint density at radius 1 is 1.03 bits per heavy atom. The number of aliphatic carboxylic acids is 1. The molecule has 8 heteroatoms. The Balaban J connectivity index is 1.32. The molecule has 0 heterocycles. The fourth-order valence-electron chi connectivity index (χ4n) is 5.10. The van der Waals surface area contributed by atoms with Crippen molar-refractivity contribution < 1.29 is 29.0 Å². The largest absolute Gasteiger partial charge is 0.480 e. The number of amides is 2. The van der Waals surface area contributed by atoms with Gasteiger partial charge in [0.25, 0.3) is 0 Å². The Morgan fingerprint density at radius 3 is 2.29 bits per heavy atom. The first-order chi connectivity index (χ1) is 16.5. The van der Waals surface area contributed by atoms with Gasteiger partial charge in [-0.15, -0.1) is 0 Å². The van der Waals surface area contributed by atoms with Crippen LogP contribution in [-0.4, -0.2) is 55.5 Å². The van der Waals surface area contributed by atoms with Crippen molar-refractivity contribution in [1.29, 1.82) is 0 Å².